The van der Waals surface area contributed by atoms with Gasteiger partial charge >= 0.3 is 0 Å². The lowest BCUT2D eigenvalue weighted by molar-refractivity contribution is -0.136. The fourth-order valence-electron chi connectivity index (χ4n) is 1.80. The van der Waals surface area contributed by atoms with Crippen molar-refractivity contribution in [2.75, 3.05) is 19.6 Å². The zero-order valence-electron chi connectivity index (χ0n) is 8.62. The molecule has 0 radical (unpaired) electrons. The van der Waals surface area contributed by atoms with Gasteiger partial charge in [-0.2, -0.15) is 0 Å². The summed E-state index contributed by atoms with van der Waals surface area (Å²) in [5.74, 6) is 0.877. The van der Waals surface area contributed by atoms with Crippen molar-refractivity contribution in [3.63, 3.8) is 0 Å². The number of amides is 1. The maximum absolute atomic E-state index is 11.7. The van der Waals surface area contributed by atoms with Gasteiger partial charge in [0.2, 0.25) is 5.91 Å². The van der Waals surface area contributed by atoms with Gasteiger partial charge in [0, 0.05) is 25.6 Å². The third-order valence-corrected chi connectivity index (χ3v) is 2.74. The molecule has 0 spiro atoms. The summed E-state index contributed by atoms with van der Waals surface area (Å²) in [6, 6.07) is 0. The fraction of sp³-hybridized carbons (Fsp3) is 0.900. The van der Waals surface area contributed by atoms with Crippen molar-refractivity contribution in [3.8, 4) is 0 Å². The molecule has 0 aromatic rings. The number of likely N-dealkylation sites (tertiary alicyclic amines) is 1. The Bertz CT molecular complexity index is 182. The molecule has 1 rings (SSSR count). The summed E-state index contributed by atoms with van der Waals surface area (Å²) >= 11 is 0. The number of nitrogens with two attached hydrogens (primary N) is 1. The Hall–Kier alpha value is -0.570. The van der Waals surface area contributed by atoms with Gasteiger partial charge in [-0.25, -0.2) is 0 Å². The van der Waals surface area contributed by atoms with Crippen LogP contribution in [0.5, 0.6) is 0 Å². The zero-order valence-corrected chi connectivity index (χ0v) is 8.62. The van der Waals surface area contributed by atoms with E-state index in [2.05, 4.69) is 6.92 Å². The summed E-state index contributed by atoms with van der Waals surface area (Å²) in [5, 5.41) is 0. The molecule has 2 atom stereocenters. The molecule has 1 fully saturated rings. The van der Waals surface area contributed by atoms with Gasteiger partial charge in [-0.15, -0.1) is 0 Å². The van der Waals surface area contributed by atoms with E-state index in [1.54, 1.807) is 0 Å². The molecule has 76 valence electrons. The number of hydrogen-bond acceptors (Lipinski definition) is 2. The first-order valence-corrected chi connectivity index (χ1v) is 5.14. The van der Waals surface area contributed by atoms with Crippen LogP contribution in [0.2, 0.25) is 0 Å². The Balaban J connectivity index is 2.46. The van der Waals surface area contributed by atoms with Crippen LogP contribution in [-0.4, -0.2) is 30.4 Å². The third-order valence-electron chi connectivity index (χ3n) is 2.74. The Morgan fingerprint density at radius 1 is 1.69 bits per heavy atom. The predicted molar refractivity (Wildman–Crippen MR) is 53.2 cm³/mol. The Morgan fingerprint density at radius 2 is 2.38 bits per heavy atom. The minimum atomic E-state index is -0.00898. The van der Waals surface area contributed by atoms with Crippen LogP contribution >= 0.6 is 0 Å². The Labute approximate surface area is 80.3 Å². The lowest BCUT2D eigenvalue weighted by Crippen LogP contribution is -2.43. The second-order valence-corrected chi connectivity index (χ2v) is 4.17. The molecule has 0 bridgehead atoms. The average Bonchev–Trinajstić information content (AvgIpc) is 2.15. The van der Waals surface area contributed by atoms with Gasteiger partial charge in [-0.3, -0.25) is 4.79 Å². The lowest BCUT2D eigenvalue weighted by Gasteiger charge is -2.32. The smallest absolute Gasteiger partial charge is 0.226 e. The van der Waals surface area contributed by atoms with Crippen LogP contribution in [0.3, 0.4) is 0 Å². The monoisotopic (exact) mass is 184 g/mol. The molecule has 0 aromatic carbocycles. The molecule has 13 heavy (non-hydrogen) atoms. The van der Waals surface area contributed by atoms with Crippen LogP contribution in [0.1, 0.15) is 26.7 Å². The molecule has 2 N–H and O–H groups in total. The second-order valence-electron chi connectivity index (χ2n) is 4.17. The summed E-state index contributed by atoms with van der Waals surface area (Å²) in [7, 11) is 0. The van der Waals surface area contributed by atoms with Crippen molar-refractivity contribution in [1.29, 1.82) is 0 Å². The second kappa shape index (κ2) is 4.61. The van der Waals surface area contributed by atoms with Crippen LogP contribution in [0.4, 0.5) is 0 Å². The van der Waals surface area contributed by atoms with Crippen molar-refractivity contribution in [1.82, 2.24) is 4.90 Å². The first-order chi connectivity index (χ1) is 6.15. The van der Waals surface area contributed by atoms with Gasteiger partial charge in [-0.1, -0.05) is 13.8 Å². The summed E-state index contributed by atoms with van der Waals surface area (Å²) in [6.07, 6.45) is 2.39. The molecule has 0 saturated carbocycles. The molecule has 1 heterocycles. The van der Waals surface area contributed by atoms with E-state index in [9.17, 15) is 4.79 Å². The maximum atomic E-state index is 11.7. The molecular weight excluding hydrogens is 164 g/mol. The summed E-state index contributed by atoms with van der Waals surface area (Å²) in [4.78, 5) is 13.7. The largest absolute Gasteiger partial charge is 0.342 e. The minimum Gasteiger partial charge on any atom is -0.342 e. The first kappa shape index (κ1) is 10.5. The van der Waals surface area contributed by atoms with Crippen molar-refractivity contribution in [2.45, 2.75) is 26.7 Å². The Kier molecular flexibility index (Phi) is 3.72. The van der Waals surface area contributed by atoms with E-state index in [-0.39, 0.29) is 11.8 Å². The molecule has 0 aromatic heterocycles. The van der Waals surface area contributed by atoms with Crippen molar-refractivity contribution in [3.05, 3.63) is 0 Å². The molecular formula is C10H20N2O. The number of hydrogen-bond donors (Lipinski definition) is 1. The van der Waals surface area contributed by atoms with Crippen molar-refractivity contribution < 1.29 is 4.79 Å². The van der Waals surface area contributed by atoms with E-state index in [0.29, 0.717) is 12.5 Å². The highest BCUT2D eigenvalue weighted by Crippen LogP contribution is 2.17. The molecule has 0 aliphatic carbocycles. The third kappa shape index (κ3) is 2.69. The van der Waals surface area contributed by atoms with E-state index >= 15 is 0 Å². The van der Waals surface area contributed by atoms with E-state index in [0.717, 1.165) is 19.5 Å². The van der Waals surface area contributed by atoms with Crippen LogP contribution in [0.25, 0.3) is 0 Å². The molecule has 3 heteroatoms. The first-order valence-electron chi connectivity index (χ1n) is 5.14. The molecule has 1 amide bonds. The zero-order chi connectivity index (χ0) is 9.84. The molecule has 1 aliphatic rings. The average molecular weight is 184 g/mol. The highest BCUT2D eigenvalue weighted by Gasteiger charge is 2.23. The van der Waals surface area contributed by atoms with Gasteiger partial charge in [0.05, 0.1) is 0 Å². The lowest BCUT2D eigenvalue weighted by atomic mass is 9.99. The highest BCUT2D eigenvalue weighted by atomic mass is 16.2. The number of carbonyl (C=O) groups is 1. The number of carbonyl (C=O) groups excluding carboxylic acids is 1. The van der Waals surface area contributed by atoms with Crippen LogP contribution in [0, 0.1) is 11.8 Å². The Morgan fingerprint density at radius 3 is 2.92 bits per heavy atom. The van der Waals surface area contributed by atoms with Crippen LogP contribution in [-0.2, 0) is 4.79 Å². The molecule has 3 nitrogen and oxygen atoms in total. The SMILES string of the molecule is CC1CCCN(C(=O)C(C)CN)C1. The molecule has 1 aliphatic heterocycles. The van der Waals surface area contributed by atoms with E-state index in [1.807, 2.05) is 11.8 Å². The normalized spacial score (nSPS) is 25.8. The van der Waals surface area contributed by atoms with Crippen molar-refractivity contribution >= 4 is 5.91 Å². The van der Waals surface area contributed by atoms with Crippen molar-refractivity contribution in [2.24, 2.45) is 17.6 Å². The number of piperidine rings is 1. The number of nitrogens with zero attached hydrogens (tertiary/aromatic N) is 1. The van der Waals surface area contributed by atoms with Gasteiger partial charge in [0.15, 0.2) is 0 Å². The van der Waals surface area contributed by atoms with Gasteiger partial charge in [0.25, 0.3) is 0 Å². The molecule has 2 unspecified atom stereocenters. The fourth-order valence-corrected chi connectivity index (χ4v) is 1.80. The van der Waals surface area contributed by atoms with E-state index in [1.165, 1.54) is 6.42 Å². The highest BCUT2D eigenvalue weighted by molar-refractivity contribution is 5.78. The minimum absolute atomic E-state index is 0.00898. The number of rotatable bonds is 2. The summed E-state index contributed by atoms with van der Waals surface area (Å²) in [6.45, 7) is 6.41. The summed E-state index contributed by atoms with van der Waals surface area (Å²) < 4.78 is 0. The van der Waals surface area contributed by atoms with Crippen LogP contribution < -0.4 is 5.73 Å². The van der Waals surface area contributed by atoms with E-state index < -0.39 is 0 Å². The van der Waals surface area contributed by atoms with Gasteiger partial charge in [-0.05, 0) is 18.8 Å². The molecule has 1 saturated heterocycles. The summed E-state index contributed by atoms with van der Waals surface area (Å²) in [5.41, 5.74) is 5.47. The quantitative estimate of drug-likeness (QED) is 0.691. The van der Waals surface area contributed by atoms with Gasteiger partial charge < -0.3 is 10.6 Å². The maximum Gasteiger partial charge on any atom is 0.226 e. The van der Waals surface area contributed by atoms with Gasteiger partial charge in [0.1, 0.15) is 0 Å². The topological polar surface area (TPSA) is 46.3 Å². The predicted octanol–water partition coefficient (Wildman–Crippen LogP) is 0.840. The van der Waals surface area contributed by atoms with E-state index in [4.69, 9.17) is 5.73 Å². The standard InChI is InChI=1S/C10H20N2O/c1-8-4-3-5-12(7-8)10(13)9(2)6-11/h8-9H,3-7,11H2,1-2H3. The van der Waals surface area contributed by atoms with Crippen LogP contribution in [0.15, 0.2) is 0 Å².